The fourth-order valence-corrected chi connectivity index (χ4v) is 4.45. The van der Waals surface area contributed by atoms with Crippen LogP contribution in [0.3, 0.4) is 0 Å². The molecule has 150 valence electrons. The van der Waals surface area contributed by atoms with Gasteiger partial charge in [0.2, 0.25) is 11.8 Å². The van der Waals surface area contributed by atoms with Crippen LogP contribution in [0.15, 0.2) is 36.4 Å². The van der Waals surface area contributed by atoms with Gasteiger partial charge in [-0.25, -0.2) is 0 Å². The number of rotatable bonds is 6. The first-order valence-electron chi connectivity index (χ1n) is 9.45. The summed E-state index contributed by atoms with van der Waals surface area (Å²) < 4.78 is 4.92. The molecule has 1 N–H and O–H groups in total. The maximum Gasteiger partial charge on any atom is 0.326 e. The zero-order valence-electron chi connectivity index (χ0n) is 15.8. The summed E-state index contributed by atoms with van der Waals surface area (Å²) in [6, 6.07) is 6.38. The van der Waals surface area contributed by atoms with Gasteiger partial charge in [0.15, 0.2) is 12.4 Å². The van der Waals surface area contributed by atoms with Crippen LogP contribution >= 0.6 is 0 Å². The molecular weight excluding hydrogens is 376 g/mol. The Morgan fingerprint density at radius 2 is 1.76 bits per heavy atom. The van der Waals surface area contributed by atoms with E-state index in [0.29, 0.717) is 11.3 Å². The van der Waals surface area contributed by atoms with E-state index in [0.717, 1.165) is 11.3 Å². The Hall–Kier alpha value is -3.29. The van der Waals surface area contributed by atoms with Crippen LogP contribution in [0.5, 0.6) is 0 Å². The van der Waals surface area contributed by atoms with Crippen molar-refractivity contribution in [2.45, 2.75) is 13.3 Å². The quantitative estimate of drug-likeness (QED) is 0.335. The van der Waals surface area contributed by atoms with Gasteiger partial charge in [-0.15, -0.1) is 0 Å². The predicted molar refractivity (Wildman–Crippen MR) is 100 cm³/mol. The summed E-state index contributed by atoms with van der Waals surface area (Å²) in [5.74, 6) is -2.82. The summed E-state index contributed by atoms with van der Waals surface area (Å²) in [6.45, 7) is 0.371. The van der Waals surface area contributed by atoms with Crippen LogP contribution in [-0.2, 0) is 23.9 Å². The highest BCUT2D eigenvalue weighted by Gasteiger charge is 2.59. The number of hydrogen-bond acceptors (Lipinski definition) is 6. The van der Waals surface area contributed by atoms with E-state index in [2.05, 4.69) is 5.32 Å². The average Bonchev–Trinajstić information content (AvgIpc) is 3.37. The number of ketones is 1. The number of ether oxygens (including phenoxy) is 1. The van der Waals surface area contributed by atoms with E-state index in [4.69, 9.17) is 4.74 Å². The number of benzene rings is 1. The highest BCUT2D eigenvalue weighted by atomic mass is 16.5. The van der Waals surface area contributed by atoms with Gasteiger partial charge in [-0.1, -0.05) is 24.3 Å². The number of anilines is 1. The fourth-order valence-electron chi connectivity index (χ4n) is 4.45. The number of fused-ring (bicyclic) bond motifs is 5. The summed E-state index contributed by atoms with van der Waals surface area (Å²) in [7, 11) is 0. The molecule has 0 spiro atoms. The lowest BCUT2D eigenvalue weighted by Crippen LogP contribution is -2.38. The highest BCUT2D eigenvalue weighted by Crippen LogP contribution is 2.52. The van der Waals surface area contributed by atoms with E-state index in [9.17, 15) is 24.0 Å². The van der Waals surface area contributed by atoms with Crippen molar-refractivity contribution in [2.75, 3.05) is 18.5 Å². The number of allylic oxidation sites excluding steroid dienone is 2. The monoisotopic (exact) mass is 396 g/mol. The second kappa shape index (κ2) is 7.27. The number of nitrogens with zero attached hydrogens (tertiary/aromatic N) is 1. The van der Waals surface area contributed by atoms with E-state index < -0.39 is 25.0 Å². The Labute approximate surface area is 166 Å². The van der Waals surface area contributed by atoms with Gasteiger partial charge in [0.25, 0.3) is 5.91 Å². The summed E-state index contributed by atoms with van der Waals surface area (Å²) in [5.41, 5.74) is 0.847. The number of carbonyl (C=O) groups excluding carboxylic acids is 5. The van der Waals surface area contributed by atoms with Gasteiger partial charge in [0, 0.05) is 11.3 Å². The van der Waals surface area contributed by atoms with Gasteiger partial charge >= 0.3 is 5.97 Å². The van der Waals surface area contributed by atoms with Gasteiger partial charge in [-0.2, -0.15) is 0 Å². The number of carbonyl (C=O) groups is 5. The van der Waals surface area contributed by atoms with Crippen LogP contribution in [0.25, 0.3) is 0 Å². The minimum Gasteiger partial charge on any atom is -0.454 e. The smallest absolute Gasteiger partial charge is 0.326 e. The molecule has 3 amide bonds. The Morgan fingerprint density at radius 3 is 2.38 bits per heavy atom. The maximum atomic E-state index is 12.5. The minimum absolute atomic E-state index is 0.0685. The van der Waals surface area contributed by atoms with Crippen molar-refractivity contribution in [3.8, 4) is 0 Å². The number of hydrogen-bond donors (Lipinski definition) is 1. The predicted octanol–water partition coefficient (Wildman–Crippen LogP) is 1.18. The van der Waals surface area contributed by atoms with Crippen molar-refractivity contribution < 1.29 is 28.7 Å². The molecule has 0 radical (unpaired) electrons. The van der Waals surface area contributed by atoms with Crippen molar-refractivity contribution in [3.05, 3.63) is 42.0 Å². The first-order chi connectivity index (χ1) is 13.8. The van der Waals surface area contributed by atoms with Crippen LogP contribution in [0.2, 0.25) is 0 Å². The molecule has 1 aromatic rings. The normalized spacial score (nSPS) is 26.6. The molecule has 0 unspecified atom stereocenters. The Kier molecular flexibility index (Phi) is 4.77. The number of esters is 1. The Morgan fingerprint density at radius 1 is 1.10 bits per heavy atom. The molecule has 29 heavy (non-hydrogen) atoms. The van der Waals surface area contributed by atoms with Gasteiger partial charge in [0.05, 0.1) is 11.8 Å². The van der Waals surface area contributed by atoms with Crippen molar-refractivity contribution in [3.63, 3.8) is 0 Å². The van der Waals surface area contributed by atoms with Gasteiger partial charge in [-0.3, -0.25) is 28.9 Å². The van der Waals surface area contributed by atoms with Crippen molar-refractivity contribution in [1.82, 2.24) is 4.90 Å². The van der Waals surface area contributed by atoms with Crippen LogP contribution < -0.4 is 5.32 Å². The van der Waals surface area contributed by atoms with E-state index >= 15 is 0 Å². The van der Waals surface area contributed by atoms with Crippen LogP contribution in [0.4, 0.5) is 5.69 Å². The van der Waals surface area contributed by atoms with Gasteiger partial charge < -0.3 is 10.1 Å². The molecule has 1 aromatic carbocycles. The number of amides is 3. The summed E-state index contributed by atoms with van der Waals surface area (Å²) in [6.07, 6.45) is 4.77. The molecule has 0 aromatic heterocycles. The molecule has 1 saturated carbocycles. The standard InChI is InChI=1S/C21H20N2O6/c1-11(24)12-3-2-4-15(8-12)22-16(25)10-29-17(26)9-23-20(27)18-13-5-6-14(7-13)19(18)21(23)28/h2-6,8,13-14,18-19H,7,9-10H2,1H3,(H,22,25)/t13-,14-,18+,19+/m1/s1. The maximum absolute atomic E-state index is 12.5. The summed E-state index contributed by atoms with van der Waals surface area (Å²) >= 11 is 0. The molecule has 4 rings (SSSR count). The SMILES string of the molecule is CC(=O)c1cccc(NC(=O)COC(=O)CN2C(=O)[C@@H]3[C@@H](C2=O)[C@@H]2C=C[C@@H]3C2)c1. The number of imide groups is 1. The second-order valence-corrected chi connectivity index (χ2v) is 7.61. The lowest BCUT2D eigenvalue weighted by atomic mass is 9.85. The van der Waals surface area contributed by atoms with Gasteiger partial charge in [-0.05, 0) is 37.3 Å². The third-order valence-electron chi connectivity index (χ3n) is 5.77. The zero-order chi connectivity index (χ0) is 20.7. The lowest BCUT2D eigenvalue weighted by molar-refractivity contribution is -0.154. The number of likely N-dealkylation sites (tertiary alicyclic amines) is 1. The van der Waals surface area contributed by atoms with Crippen molar-refractivity contribution >= 4 is 35.2 Å². The lowest BCUT2D eigenvalue weighted by Gasteiger charge is -2.16. The van der Waals surface area contributed by atoms with E-state index in [1.807, 2.05) is 12.2 Å². The largest absolute Gasteiger partial charge is 0.454 e. The Bertz CT molecular complexity index is 922. The third kappa shape index (κ3) is 3.46. The fraction of sp³-hybridized carbons (Fsp3) is 0.381. The first-order valence-corrected chi connectivity index (χ1v) is 9.45. The molecule has 2 aliphatic carbocycles. The molecule has 2 bridgehead atoms. The highest BCUT2D eigenvalue weighted by molar-refractivity contribution is 6.08. The van der Waals surface area contributed by atoms with Crippen molar-refractivity contribution in [2.24, 2.45) is 23.7 Å². The Balaban J connectivity index is 1.29. The molecule has 2 fully saturated rings. The summed E-state index contributed by atoms with van der Waals surface area (Å²) in [5, 5.41) is 2.53. The third-order valence-corrected chi connectivity index (χ3v) is 5.77. The molecule has 3 aliphatic rings. The molecular formula is C21H20N2O6. The van der Waals surface area contributed by atoms with E-state index in [1.54, 1.807) is 18.2 Å². The molecule has 4 atom stereocenters. The molecule has 1 heterocycles. The molecule has 1 aliphatic heterocycles. The van der Waals surface area contributed by atoms with Gasteiger partial charge in [0.1, 0.15) is 6.54 Å². The first kappa shape index (κ1) is 19.0. The molecule has 8 nitrogen and oxygen atoms in total. The van der Waals surface area contributed by atoms with Crippen LogP contribution in [0.1, 0.15) is 23.7 Å². The summed E-state index contributed by atoms with van der Waals surface area (Å²) in [4.78, 5) is 61.5. The number of nitrogens with one attached hydrogen (secondary N) is 1. The number of Topliss-reactive ketones (excluding diaryl/α,β-unsaturated/α-hetero) is 1. The van der Waals surface area contributed by atoms with Crippen LogP contribution in [0, 0.1) is 23.7 Å². The van der Waals surface area contributed by atoms with E-state index in [-0.39, 0.29) is 41.3 Å². The van der Waals surface area contributed by atoms with Crippen LogP contribution in [-0.4, -0.2) is 47.5 Å². The topological polar surface area (TPSA) is 110 Å². The average molecular weight is 396 g/mol. The van der Waals surface area contributed by atoms with E-state index in [1.165, 1.54) is 13.0 Å². The molecule has 1 saturated heterocycles. The van der Waals surface area contributed by atoms with Crippen molar-refractivity contribution in [1.29, 1.82) is 0 Å². The second-order valence-electron chi connectivity index (χ2n) is 7.61. The minimum atomic E-state index is -0.820. The molecule has 8 heteroatoms. The zero-order valence-corrected chi connectivity index (χ0v) is 15.8.